The highest BCUT2D eigenvalue weighted by molar-refractivity contribution is 5.74. The van der Waals surface area contributed by atoms with Crippen LogP contribution in [0.3, 0.4) is 0 Å². The van der Waals surface area contributed by atoms with Crippen molar-refractivity contribution in [2.45, 2.75) is 13.2 Å². The lowest BCUT2D eigenvalue weighted by molar-refractivity contribution is 0.208. The number of hydrogen-bond acceptors (Lipinski definition) is 4. The number of aliphatic hydroxyl groups is 1. The van der Waals surface area contributed by atoms with Crippen molar-refractivity contribution in [1.29, 1.82) is 0 Å². The van der Waals surface area contributed by atoms with Gasteiger partial charge in [0.1, 0.15) is 6.23 Å². The van der Waals surface area contributed by atoms with E-state index in [0.29, 0.717) is 5.65 Å². The summed E-state index contributed by atoms with van der Waals surface area (Å²) in [5, 5.41) is 10.0. The maximum atomic E-state index is 11.5. The van der Waals surface area contributed by atoms with Gasteiger partial charge >= 0.3 is 0 Å². The Bertz CT molecular complexity index is 533. The van der Waals surface area contributed by atoms with Gasteiger partial charge in [-0.25, -0.2) is 9.66 Å². The maximum absolute atomic E-state index is 11.5. The van der Waals surface area contributed by atoms with Crippen molar-refractivity contribution < 1.29 is 5.11 Å². The predicted octanol–water partition coefficient (Wildman–Crippen LogP) is 0.278. The van der Waals surface area contributed by atoms with E-state index in [9.17, 15) is 9.90 Å². The van der Waals surface area contributed by atoms with E-state index in [0.717, 1.165) is 5.39 Å². The number of aromatic nitrogens is 2. The molecule has 0 spiro atoms. The monoisotopic (exact) mass is 205 g/mol. The van der Waals surface area contributed by atoms with Crippen LogP contribution in [0.1, 0.15) is 6.92 Å². The summed E-state index contributed by atoms with van der Waals surface area (Å²) >= 11 is 0. The van der Waals surface area contributed by atoms with Crippen molar-refractivity contribution in [2.75, 3.05) is 5.43 Å². The number of nitrogens with one attached hydrogen (secondary N) is 1. The number of pyridine rings is 2. The van der Waals surface area contributed by atoms with E-state index in [-0.39, 0.29) is 5.56 Å². The molecule has 0 fully saturated rings. The summed E-state index contributed by atoms with van der Waals surface area (Å²) in [6.07, 6.45) is 0.789. The molecule has 0 aromatic carbocycles. The lowest BCUT2D eigenvalue weighted by Gasteiger charge is -2.13. The molecule has 1 unspecified atom stereocenters. The zero-order valence-corrected chi connectivity index (χ0v) is 8.21. The average molecular weight is 205 g/mol. The highest BCUT2D eigenvalue weighted by atomic mass is 16.3. The molecule has 2 N–H and O–H groups in total. The SMILES string of the molecule is CC(O)Nn1c(=O)ccc2cccnc21. The van der Waals surface area contributed by atoms with Gasteiger partial charge in [0.05, 0.1) is 0 Å². The third-order valence-electron chi connectivity index (χ3n) is 1.97. The molecular weight excluding hydrogens is 194 g/mol. The van der Waals surface area contributed by atoms with E-state index < -0.39 is 6.23 Å². The Balaban J connectivity index is 2.68. The van der Waals surface area contributed by atoms with Crippen molar-refractivity contribution in [1.82, 2.24) is 9.66 Å². The van der Waals surface area contributed by atoms with Crippen LogP contribution >= 0.6 is 0 Å². The van der Waals surface area contributed by atoms with Crippen LogP contribution in [0.2, 0.25) is 0 Å². The molecule has 0 aliphatic carbocycles. The Kier molecular flexibility index (Phi) is 2.39. The van der Waals surface area contributed by atoms with Gasteiger partial charge in [-0.2, -0.15) is 0 Å². The Labute approximate surface area is 86.0 Å². The molecule has 15 heavy (non-hydrogen) atoms. The molecule has 0 radical (unpaired) electrons. The first kappa shape index (κ1) is 9.67. The molecule has 2 aromatic heterocycles. The minimum absolute atomic E-state index is 0.248. The van der Waals surface area contributed by atoms with E-state index in [2.05, 4.69) is 10.4 Å². The van der Waals surface area contributed by atoms with E-state index in [1.165, 1.54) is 17.7 Å². The number of nitrogens with zero attached hydrogens (tertiary/aromatic N) is 2. The fourth-order valence-corrected chi connectivity index (χ4v) is 1.38. The van der Waals surface area contributed by atoms with Crippen LogP contribution in [0.4, 0.5) is 0 Å². The van der Waals surface area contributed by atoms with Gasteiger partial charge in [-0.1, -0.05) is 0 Å². The molecule has 5 nitrogen and oxygen atoms in total. The minimum Gasteiger partial charge on any atom is -0.373 e. The first-order valence-corrected chi connectivity index (χ1v) is 4.60. The molecule has 0 saturated heterocycles. The molecule has 0 saturated carbocycles. The third-order valence-corrected chi connectivity index (χ3v) is 1.97. The maximum Gasteiger partial charge on any atom is 0.270 e. The van der Waals surface area contributed by atoms with Crippen molar-refractivity contribution in [3.05, 3.63) is 40.8 Å². The van der Waals surface area contributed by atoms with E-state index in [1.54, 1.807) is 18.3 Å². The van der Waals surface area contributed by atoms with Crippen LogP contribution < -0.4 is 11.0 Å². The molecule has 2 heterocycles. The Morgan fingerprint density at radius 1 is 1.47 bits per heavy atom. The van der Waals surface area contributed by atoms with E-state index in [1.807, 2.05) is 6.07 Å². The fourth-order valence-electron chi connectivity index (χ4n) is 1.38. The molecular formula is C10H11N3O2. The highest BCUT2D eigenvalue weighted by Crippen LogP contribution is 2.06. The standard InChI is InChI=1S/C10H11N3O2/c1-7(14)12-13-9(15)5-4-8-3-2-6-11-10(8)13/h2-7,12,14H,1H3. The molecule has 0 amide bonds. The van der Waals surface area contributed by atoms with Crippen LogP contribution in [0.25, 0.3) is 11.0 Å². The minimum atomic E-state index is -0.810. The number of fused-ring (bicyclic) bond motifs is 1. The molecule has 0 bridgehead atoms. The molecule has 2 rings (SSSR count). The van der Waals surface area contributed by atoms with Crippen molar-refractivity contribution in [2.24, 2.45) is 0 Å². The zero-order valence-electron chi connectivity index (χ0n) is 8.21. The van der Waals surface area contributed by atoms with E-state index in [4.69, 9.17) is 0 Å². The molecule has 0 aliphatic rings. The van der Waals surface area contributed by atoms with Gasteiger partial charge in [0.2, 0.25) is 0 Å². The molecule has 0 aliphatic heterocycles. The molecule has 2 aromatic rings. The number of hydrogen-bond donors (Lipinski definition) is 2. The quantitative estimate of drug-likeness (QED) is 0.691. The summed E-state index contributed by atoms with van der Waals surface area (Å²) in [6, 6.07) is 6.77. The highest BCUT2D eigenvalue weighted by Gasteiger charge is 2.04. The molecule has 5 heteroatoms. The smallest absolute Gasteiger partial charge is 0.270 e. The normalized spacial score (nSPS) is 12.7. The second-order valence-corrected chi connectivity index (χ2v) is 3.23. The molecule has 78 valence electrons. The van der Waals surface area contributed by atoms with Crippen LogP contribution in [0, 0.1) is 0 Å². The van der Waals surface area contributed by atoms with Crippen LogP contribution in [0.5, 0.6) is 0 Å². The predicted molar refractivity (Wildman–Crippen MR) is 57.0 cm³/mol. The van der Waals surface area contributed by atoms with Crippen LogP contribution in [-0.2, 0) is 0 Å². The van der Waals surface area contributed by atoms with Gasteiger partial charge in [0.25, 0.3) is 5.56 Å². The van der Waals surface area contributed by atoms with Crippen molar-refractivity contribution in [3.63, 3.8) is 0 Å². The molecule has 1 atom stereocenters. The first-order valence-electron chi connectivity index (χ1n) is 4.60. The third kappa shape index (κ3) is 1.82. The topological polar surface area (TPSA) is 67.2 Å². The van der Waals surface area contributed by atoms with Crippen LogP contribution in [-0.4, -0.2) is 21.0 Å². The van der Waals surface area contributed by atoms with Gasteiger partial charge in [0.15, 0.2) is 5.65 Å². The van der Waals surface area contributed by atoms with Gasteiger partial charge < -0.3 is 5.11 Å². The second-order valence-electron chi connectivity index (χ2n) is 3.23. The Hall–Kier alpha value is -1.88. The Morgan fingerprint density at radius 3 is 3.00 bits per heavy atom. The lowest BCUT2D eigenvalue weighted by atomic mass is 10.3. The Morgan fingerprint density at radius 2 is 2.27 bits per heavy atom. The summed E-state index contributed by atoms with van der Waals surface area (Å²) in [7, 11) is 0. The number of aliphatic hydroxyl groups excluding tert-OH is 1. The lowest BCUT2D eigenvalue weighted by Crippen LogP contribution is -2.34. The van der Waals surface area contributed by atoms with Crippen molar-refractivity contribution >= 4 is 11.0 Å². The van der Waals surface area contributed by atoms with Gasteiger partial charge in [-0.15, -0.1) is 0 Å². The van der Waals surface area contributed by atoms with E-state index >= 15 is 0 Å². The number of rotatable bonds is 2. The van der Waals surface area contributed by atoms with Gasteiger partial charge in [-0.3, -0.25) is 10.2 Å². The largest absolute Gasteiger partial charge is 0.373 e. The fraction of sp³-hybridized carbons (Fsp3) is 0.200. The zero-order chi connectivity index (χ0) is 10.8. The summed E-state index contributed by atoms with van der Waals surface area (Å²) < 4.78 is 1.24. The first-order chi connectivity index (χ1) is 7.18. The summed E-state index contributed by atoms with van der Waals surface area (Å²) in [6.45, 7) is 1.54. The summed E-state index contributed by atoms with van der Waals surface area (Å²) in [4.78, 5) is 15.6. The van der Waals surface area contributed by atoms with Gasteiger partial charge in [-0.05, 0) is 25.1 Å². The average Bonchev–Trinajstić information content (AvgIpc) is 2.22. The summed E-state index contributed by atoms with van der Waals surface area (Å²) in [5.74, 6) is 0. The van der Waals surface area contributed by atoms with Gasteiger partial charge in [0, 0.05) is 17.6 Å². The second kappa shape index (κ2) is 3.70. The van der Waals surface area contributed by atoms with Crippen molar-refractivity contribution in [3.8, 4) is 0 Å². The van der Waals surface area contributed by atoms with Crippen LogP contribution in [0.15, 0.2) is 35.3 Å². The summed E-state index contributed by atoms with van der Waals surface area (Å²) in [5.41, 5.74) is 2.87.